The molecule has 160 valence electrons. The topological polar surface area (TPSA) is 140 Å². The first-order chi connectivity index (χ1) is 14.2. The molecule has 1 aromatic carbocycles. The van der Waals surface area contributed by atoms with E-state index in [1.807, 2.05) is 0 Å². The summed E-state index contributed by atoms with van der Waals surface area (Å²) >= 11 is 1.05. The lowest BCUT2D eigenvalue weighted by molar-refractivity contribution is -0.150. The number of thioether (sulfide) groups is 1. The number of ether oxygens (including phenoxy) is 1. The van der Waals surface area contributed by atoms with Crippen LogP contribution < -0.4 is 16.0 Å². The molecule has 0 spiro atoms. The summed E-state index contributed by atoms with van der Waals surface area (Å²) in [7, 11) is 0. The van der Waals surface area contributed by atoms with E-state index in [9.17, 15) is 19.2 Å². The standard InChI is InChI=1S/C19H22N4O6S/c1-11-8-16(23-29-11)22-17(25)9-30-10-18(26)28-12(2)19(27)21-15-6-4-14(5-7-15)20-13(3)24/h4-8,12H,9-10H2,1-3H3,(H,20,24)(H,21,27)(H,22,23,25)/t12-/m0/s1. The van der Waals surface area contributed by atoms with E-state index in [0.29, 0.717) is 23.0 Å². The van der Waals surface area contributed by atoms with E-state index in [4.69, 9.17) is 9.26 Å². The van der Waals surface area contributed by atoms with E-state index < -0.39 is 18.0 Å². The Kier molecular flexibility index (Phi) is 8.41. The number of anilines is 3. The molecule has 0 unspecified atom stereocenters. The molecular weight excluding hydrogens is 412 g/mol. The van der Waals surface area contributed by atoms with Gasteiger partial charge >= 0.3 is 5.97 Å². The molecule has 0 aliphatic heterocycles. The highest BCUT2D eigenvalue weighted by Crippen LogP contribution is 2.14. The Morgan fingerprint density at radius 3 is 2.27 bits per heavy atom. The molecule has 1 aromatic heterocycles. The van der Waals surface area contributed by atoms with Crippen molar-refractivity contribution in [2.45, 2.75) is 26.9 Å². The van der Waals surface area contributed by atoms with E-state index in [1.54, 1.807) is 37.3 Å². The average Bonchev–Trinajstić information content (AvgIpc) is 3.07. The minimum Gasteiger partial charge on any atom is -0.452 e. The van der Waals surface area contributed by atoms with Gasteiger partial charge in [-0.25, -0.2) is 0 Å². The third-order valence-electron chi connectivity index (χ3n) is 3.50. The Morgan fingerprint density at radius 2 is 1.70 bits per heavy atom. The number of hydrogen-bond acceptors (Lipinski definition) is 8. The van der Waals surface area contributed by atoms with Crippen molar-refractivity contribution in [3.05, 3.63) is 36.1 Å². The van der Waals surface area contributed by atoms with Crippen molar-refractivity contribution >= 4 is 52.6 Å². The Morgan fingerprint density at radius 1 is 1.07 bits per heavy atom. The summed E-state index contributed by atoms with van der Waals surface area (Å²) < 4.78 is 9.91. The fourth-order valence-corrected chi connectivity index (χ4v) is 2.79. The number of carbonyl (C=O) groups is 4. The molecule has 0 saturated heterocycles. The monoisotopic (exact) mass is 434 g/mol. The highest BCUT2D eigenvalue weighted by molar-refractivity contribution is 8.00. The lowest BCUT2D eigenvalue weighted by Crippen LogP contribution is -2.30. The van der Waals surface area contributed by atoms with Crippen LogP contribution in [0.25, 0.3) is 0 Å². The van der Waals surface area contributed by atoms with Gasteiger partial charge in [0.25, 0.3) is 5.91 Å². The molecule has 0 aliphatic carbocycles. The number of hydrogen-bond donors (Lipinski definition) is 3. The van der Waals surface area contributed by atoms with Gasteiger partial charge in [0.05, 0.1) is 11.5 Å². The van der Waals surface area contributed by atoms with Crippen molar-refractivity contribution in [1.82, 2.24) is 5.16 Å². The molecule has 0 bridgehead atoms. The summed E-state index contributed by atoms with van der Waals surface area (Å²) in [5.74, 6) is -0.858. The van der Waals surface area contributed by atoms with Gasteiger partial charge in [-0.3, -0.25) is 19.2 Å². The Balaban J connectivity index is 1.69. The second-order valence-electron chi connectivity index (χ2n) is 6.24. The second-order valence-corrected chi connectivity index (χ2v) is 7.23. The van der Waals surface area contributed by atoms with Crippen molar-refractivity contribution in [2.75, 3.05) is 27.5 Å². The number of benzene rings is 1. The summed E-state index contributed by atoms with van der Waals surface area (Å²) in [5.41, 5.74) is 1.09. The van der Waals surface area contributed by atoms with Gasteiger partial charge in [0.15, 0.2) is 11.9 Å². The number of amides is 3. The summed E-state index contributed by atoms with van der Waals surface area (Å²) in [5, 5.41) is 11.4. The molecule has 1 heterocycles. The zero-order valence-corrected chi connectivity index (χ0v) is 17.5. The first-order valence-corrected chi connectivity index (χ1v) is 10.1. The molecule has 2 rings (SSSR count). The number of rotatable bonds is 9. The van der Waals surface area contributed by atoms with Crippen molar-refractivity contribution in [3.63, 3.8) is 0 Å². The van der Waals surface area contributed by atoms with Gasteiger partial charge in [-0.05, 0) is 38.1 Å². The van der Waals surface area contributed by atoms with E-state index in [0.717, 1.165) is 11.8 Å². The molecular formula is C19H22N4O6S. The molecule has 3 amide bonds. The summed E-state index contributed by atoms with van der Waals surface area (Å²) in [6.07, 6.45) is -1.01. The van der Waals surface area contributed by atoms with E-state index in [-0.39, 0.29) is 23.3 Å². The molecule has 11 heteroatoms. The van der Waals surface area contributed by atoms with Gasteiger partial charge in [0.1, 0.15) is 5.76 Å². The fraction of sp³-hybridized carbons (Fsp3) is 0.316. The lowest BCUT2D eigenvalue weighted by Gasteiger charge is -2.13. The molecule has 1 atom stereocenters. The van der Waals surface area contributed by atoms with E-state index >= 15 is 0 Å². The number of aryl methyl sites for hydroxylation is 1. The SMILES string of the molecule is CC(=O)Nc1ccc(NC(=O)[C@H](C)OC(=O)CSCC(=O)Nc2cc(C)on2)cc1. The summed E-state index contributed by atoms with van der Waals surface area (Å²) in [6, 6.07) is 8.07. The van der Waals surface area contributed by atoms with E-state index in [1.165, 1.54) is 13.8 Å². The molecule has 0 saturated carbocycles. The molecule has 2 aromatic rings. The summed E-state index contributed by atoms with van der Waals surface area (Å²) in [4.78, 5) is 46.8. The van der Waals surface area contributed by atoms with Crippen LogP contribution in [0.1, 0.15) is 19.6 Å². The first-order valence-electron chi connectivity index (χ1n) is 8.92. The van der Waals surface area contributed by atoms with Crippen LogP contribution in [0.3, 0.4) is 0 Å². The van der Waals surface area contributed by atoms with Gasteiger partial charge < -0.3 is 25.2 Å². The highest BCUT2D eigenvalue weighted by atomic mass is 32.2. The quantitative estimate of drug-likeness (QED) is 0.510. The van der Waals surface area contributed by atoms with Crippen molar-refractivity contribution in [1.29, 1.82) is 0 Å². The predicted octanol–water partition coefficient (Wildman–Crippen LogP) is 2.18. The van der Waals surface area contributed by atoms with Crippen LogP contribution in [0.5, 0.6) is 0 Å². The minimum atomic E-state index is -1.01. The molecule has 30 heavy (non-hydrogen) atoms. The van der Waals surface area contributed by atoms with Crippen LogP contribution in [0, 0.1) is 6.92 Å². The second kappa shape index (κ2) is 11.0. The number of nitrogens with one attached hydrogen (secondary N) is 3. The zero-order chi connectivity index (χ0) is 22.1. The van der Waals surface area contributed by atoms with Crippen LogP contribution in [-0.4, -0.2) is 46.5 Å². The van der Waals surface area contributed by atoms with Gasteiger partial charge in [0.2, 0.25) is 11.8 Å². The molecule has 0 radical (unpaired) electrons. The molecule has 3 N–H and O–H groups in total. The predicted molar refractivity (Wildman–Crippen MR) is 112 cm³/mol. The van der Waals surface area contributed by atoms with Gasteiger partial charge in [0, 0.05) is 24.4 Å². The van der Waals surface area contributed by atoms with E-state index in [2.05, 4.69) is 21.1 Å². The third-order valence-corrected chi connectivity index (χ3v) is 4.40. The molecule has 0 fully saturated rings. The highest BCUT2D eigenvalue weighted by Gasteiger charge is 2.18. The minimum absolute atomic E-state index is 0.0161. The zero-order valence-electron chi connectivity index (χ0n) is 16.7. The molecule has 0 aliphatic rings. The maximum Gasteiger partial charge on any atom is 0.316 e. The first kappa shape index (κ1) is 22.9. The number of nitrogens with zero attached hydrogens (tertiary/aromatic N) is 1. The lowest BCUT2D eigenvalue weighted by atomic mass is 10.2. The number of esters is 1. The number of aromatic nitrogens is 1. The van der Waals surface area contributed by atoms with Gasteiger partial charge in [-0.2, -0.15) is 0 Å². The van der Waals surface area contributed by atoms with Crippen molar-refractivity contribution < 1.29 is 28.4 Å². The van der Waals surface area contributed by atoms with Crippen LogP contribution in [0.15, 0.2) is 34.9 Å². The Bertz CT molecular complexity index is 912. The maximum atomic E-state index is 12.2. The van der Waals surface area contributed by atoms with Crippen LogP contribution in [0.2, 0.25) is 0 Å². The smallest absolute Gasteiger partial charge is 0.316 e. The summed E-state index contributed by atoms with van der Waals surface area (Å²) in [6.45, 7) is 4.54. The van der Waals surface area contributed by atoms with Crippen molar-refractivity contribution in [2.24, 2.45) is 0 Å². The Labute approximate surface area is 177 Å². The fourth-order valence-electron chi connectivity index (χ4n) is 2.20. The van der Waals surface area contributed by atoms with Gasteiger partial charge in [-0.1, -0.05) is 5.16 Å². The largest absolute Gasteiger partial charge is 0.452 e. The average molecular weight is 434 g/mol. The molecule has 10 nitrogen and oxygen atoms in total. The third kappa shape index (κ3) is 7.95. The van der Waals surface area contributed by atoms with Crippen LogP contribution in [0.4, 0.5) is 17.2 Å². The van der Waals surface area contributed by atoms with Crippen molar-refractivity contribution in [3.8, 4) is 0 Å². The maximum absolute atomic E-state index is 12.2. The normalized spacial score (nSPS) is 11.3. The van der Waals surface area contributed by atoms with Crippen LogP contribution >= 0.6 is 11.8 Å². The van der Waals surface area contributed by atoms with Crippen LogP contribution in [-0.2, 0) is 23.9 Å². The van der Waals surface area contributed by atoms with Gasteiger partial charge in [-0.15, -0.1) is 11.8 Å². The number of carbonyl (C=O) groups excluding carboxylic acids is 4. The Hall–Kier alpha value is -3.34.